The van der Waals surface area contributed by atoms with Crippen LogP contribution in [0.5, 0.6) is 0 Å². The summed E-state index contributed by atoms with van der Waals surface area (Å²) in [5, 5.41) is 8.66. The SMILES string of the molecule is CC1CCCN1C(=O)c1cccc(CC#N)c1. The van der Waals surface area contributed by atoms with E-state index in [0.29, 0.717) is 18.0 Å². The largest absolute Gasteiger partial charge is 0.336 e. The minimum absolute atomic E-state index is 0.0924. The topological polar surface area (TPSA) is 44.1 Å². The molecule has 3 heteroatoms. The van der Waals surface area contributed by atoms with E-state index < -0.39 is 0 Å². The first-order chi connectivity index (χ1) is 8.22. The number of carbonyl (C=O) groups is 1. The maximum Gasteiger partial charge on any atom is 0.254 e. The number of hydrogen-bond acceptors (Lipinski definition) is 2. The van der Waals surface area contributed by atoms with Crippen LogP contribution in [0.4, 0.5) is 0 Å². The molecule has 0 radical (unpaired) electrons. The molecule has 0 bridgehead atoms. The van der Waals surface area contributed by atoms with E-state index in [4.69, 9.17) is 5.26 Å². The summed E-state index contributed by atoms with van der Waals surface area (Å²) in [6.45, 7) is 2.94. The molecule has 0 spiro atoms. The summed E-state index contributed by atoms with van der Waals surface area (Å²) in [6, 6.07) is 9.83. The van der Waals surface area contributed by atoms with Crippen LogP contribution in [0.15, 0.2) is 24.3 Å². The highest BCUT2D eigenvalue weighted by Gasteiger charge is 2.25. The van der Waals surface area contributed by atoms with Gasteiger partial charge in [0.15, 0.2) is 0 Å². The van der Waals surface area contributed by atoms with Crippen molar-refractivity contribution in [3.05, 3.63) is 35.4 Å². The molecule has 1 heterocycles. The molecule has 1 amide bonds. The van der Waals surface area contributed by atoms with Crippen molar-refractivity contribution in [1.82, 2.24) is 4.90 Å². The Morgan fingerprint density at radius 3 is 3.06 bits per heavy atom. The second-order valence-electron chi connectivity index (χ2n) is 4.53. The average Bonchev–Trinajstić information content (AvgIpc) is 2.75. The molecule has 1 aromatic rings. The van der Waals surface area contributed by atoms with E-state index in [1.54, 1.807) is 0 Å². The Balaban J connectivity index is 2.19. The van der Waals surface area contributed by atoms with Gasteiger partial charge in [-0.3, -0.25) is 4.79 Å². The lowest BCUT2D eigenvalue weighted by atomic mass is 10.1. The zero-order valence-corrected chi connectivity index (χ0v) is 10.0. The van der Waals surface area contributed by atoms with Gasteiger partial charge in [-0.1, -0.05) is 12.1 Å². The van der Waals surface area contributed by atoms with Crippen molar-refractivity contribution in [3.8, 4) is 6.07 Å². The van der Waals surface area contributed by atoms with Crippen molar-refractivity contribution in [2.45, 2.75) is 32.2 Å². The zero-order valence-electron chi connectivity index (χ0n) is 10.0. The smallest absolute Gasteiger partial charge is 0.254 e. The number of hydrogen-bond donors (Lipinski definition) is 0. The van der Waals surface area contributed by atoms with Gasteiger partial charge in [0.1, 0.15) is 0 Å². The van der Waals surface area contributed by atoms with Gasteiger partial charge in [0.05, 0.1) is 12.5 Å². The van der Waals surface area contributed by atoms with Crippen LogP contribution in [-0.2, 0) is 6.42 Å². The molecule has 17 heavy (non-hydrogen) atoms. The van der Waals surface area contributed by atoms with E-state index in [0.717, 1.165) is 24.9 Å². The fraction of sp³-hybridized carbons (Fsp3) is 0.429. The molecule has 1 aromatic carbocycles. The van der Waals surface area contributed by atoms with Gasteiger partial charge in [-0.25, -0.2) is 0 Å². The van der Waals surface area contributed by atoms with E-state index in [2.05, 4.69) is 13.0 Å². The van der Waals surface area contributed by atoms with Crippen LogP contribution in [0.2, 0.25) is 0 Å². The predicted octanol–water partition coefficient (Wildman–Crippen LogP) is 2.38. The molecular weight excluding hydrogens is 212 g/mol. The highest BCUT2D eigenvalue weighted by atomic mass is 16.2. The first-order valence-electron chi connectivity index (χ1n) is 5.99. The number of nitrogens with zero attached hydrogens (tertiary/aromatic N) is 2. The lowest BCUT2D eigenvalue weighted by molar-refractivity contribution is 0.0747. The average molecular weight is 228 g/mol. The van der Waals surface area contributed by atoms with Gasteiger partial charge < -0.3 is 4.90 Å². The summed E-state index contributed by atoms with van der Waals surface area (Å²) in [4.78, 5) is 14.2. The van der Waals surface area contributed by atoms with Crippen molar-refractivity contribution in [2.75, 3.05) is 6.54 Å². The van der Waals surface area contributed by atoms with Crippen LogP contribution < -0.4 is 0 Å². The third-order valence-electron chi connectivity index (χ3n) is 3.27. The van der Waals surface area contributed by atoms with Crippen LogP contribution in [0.1, 0.15) is 35.7 Å². The van der Waals surface area contributed by atoms with Gasteiger partial charge in [0.2, 0.25) is 0 Å². The molecule has 0 aromatic heterocycles. The summed E-state index contributed by atoms with van der Waals surface area (Å²) in [6.07, 6.45) is 2.53. The molecule has 1 unspecified atom stereocenters. The van der Waals surface area contributed by atoms with Gasteiger partial charge in [-0.05, 0) is 37.5 Å². The molecule has 1 saturated heterocycles. The van der Waals surface area contributed by atoms with Crippen molar-refractivity contribution in [2.24, 2.45) is 0 Å². The van der Waals surface area contributed by atoms with Crippen LogP contribution in [-0.4, -0.2) is 23.4 Å². The molecule has 1 aliphatic heterocycles. The molecule has 0 saturated carbocycles. The molecule has 1 aliphatic rings. The first kappa shape index (κ1) is 11.7. The van der Waals surface area contributed by atoms with Crippen LogP contribution in [0, 0.1) is 11.3 Å². The number of carbonyl (C=O) groups excluding carboxylic acids is 1. The van der Waals surface area contributed by atoms with Crippen LogP contribution >= 0.6 is 0 Å². The lowest BCUT2D eigenvalue weighted by Gasteiger charge is -2.21. The molecule has 88 valence electrons. The Hall–Kier alpha value is -1.82. The second kappa shape index (κ2) is 5.01. The van der Waals surface area contributed by atoms with Gasteiger partial charge >= 0.3 is 0 Å². The molecule has 2 rings (SSSR count). The maximum absolute atomic E-state index is 12.3. The van der Waals surface area contributed by atoms with E-state index in [-0.39, 0.29) is 5.91 Å². The zero-order chi connectivity index (χ0) is 12.3. The molecule has 0 N–H and O–H groups in total. The quantitative estimate of drug-likeness (QED) is 0.780. The van der Waals surface area contributed by atoms with Gasteiger partial charge in [-0.2, -0.15) is 5.26 Å². The number of nitriles is 1. The number of benzene rings is 1. The van der Waals surface area contributed by atoms with Crippen molar-refractivity contribution >= 4 is 5.91 Å². The summed E-state index contributed by atoms with van der Waals surface area (Å²) in [5.74, 6) is 0.0924. The summed E-state index contributed by atoms with van der Waals surface area (Å²) < 4.78 is 0. The predicted molar refractivity (Wildman–Crippen MR) is 65.5 cm³/mol. The third-order valence-corrected chi connectivity index (χ3v) is 3.27. The minimum atomic E-state index is 0.0924. The van der Waals surface area contributed by atoms with Gasteiger partial charge in [0.25, 0.3) is 5.91 Å². The van der Waals surface area contributed by atoms with E-state index >= 15 is 0 Å². The van der Waals surface area contributed by atoms with Gasteiger partial charge in [-0.15, -0.1) is 0 Å². The van der Waals surface area contributed by atoms with E-state index in [1.165, 1.54) is 0 Å². The monoisotopic (exact) mass is 228 g/mol. The number of likely N-dealkylation sites (tertiary alicyclic amines) is 1. The minimum Gasteiger partial charge on any atom is -0.336 e. The summed E-state index contributed by atoms with van der Waals surface area (Å²) >= 11 is 0. The molecule has 1 fully saturated rings. The molecule has 3 nitrogen and oxygen atoms in total. The number of rotatable bonds is 2. The summed E-state index contributed by atoms with van der Waals surface area (Å²) in [5.41, 5.74) is 1.61. The highest BCUT2D eigenvalue weighted by molar-refractivity contribution is 5.94. The lowest BCUT2D eigenvalue weighted by Crippen LogP contribution is -2.33. The Morgan fingerprint density at radius 2 is 2.41 bits per heavy atom. The highest BCUT2D eigenvalue weighted by Crippen LogP contribution is 2.19. The second-order valence-corrected chi connectivity index (χ2v) is 4.53. The van der Waals surface area contributed by atoms with Gasteiger partial charge in [0, 0.05) is 18.2 Å². The van der Waals surface area contributed by atoms with Crippen molar-refractivity contribution in [3.63, 3.8) is 0 Å². The molecule has 1 atom stereocenters. The fourth-order valence-corrected chi connectivity index (χ4v) is 2.31. The molecular formula is C14H16N2O. The fourth-order valence-electron chi connectivity index (χ4n) is 2.31. The standard InChI is InChI=1S/C14H16N2O/c1-11-4-3-9-16(11)14(17)13-6-2-5-12(10-13)7-8-15/h2,5-6,10-11H,3-4,7,9H2,1H3. The van der Waals surface area contributed by atoms with Crippen molar-refractivity contribution in [1.29, 1.82) is 5.26 Å². The Bertz CT molecular complexity index is 462. The Morgan fingerprint density at radius 1 is 1.59 bits per heavy atom. The van der Waals surface area contributed by atoms with Crippen LogP contribution in [0.25, 0.3) is 0 Å². The van der Waals surface area contributed by atoms with E-state index in [9.17, 15) is 4.79 Å². The Kier molecular flexibility index (Phi) is 3.43. The maximum atomic E-state index is 12.3. The van der Waals surface area contributed by atoms with E-state index in [1.807, 2.05) is 29.2 Å². The van der Waals surface area contributed by atoms with Crippen LogP contribution in [0.3, 0.4) is 0 Å². The number of amides is 1. The first-order valence-corrected chi connectivity index (χ1v) is 5.99. The van der Waals surface area contributed by atoms with Crippen molar-refractivity contribution < 1.29 is 4.79 Å². The third kappa shape index (κ3) is 2.47. The normalized spacial score (nSPS) is 19.1. The Labute approximate surface area is 102 Å². The molecule has 0 aliphatic carbocycles. The summed E-state index contributed by atoms with van der Waals surface area (Å²) in [7, 11) is 0.